The summed E-state index contributed by atoms with van der Waals surface area (Å²) in [5.41, 5.74) is 0. The summed E-state index contributed by atoms with van der Waals surface area (Å²) in [6.45, 7) is 0.190. The maximum atomic E-state index is 12.5. The van der Waals surface area contributed by atoms with Gasteiger partial charge < -0.3 is 4.42 Å². The fourth-order valence-corrected chi connectivity index (χ4v) is 4.10. The van der Waals surface area contributed by atoms with Gasteiger partial charge in [-0.15, -0.1) is 0 Å². The third-order valence-electron chi connectivity index (χ3n) is 3.83. The first-order chi connectivity index (χ1) is 9.79. The molecular formula is C13H18F3NO3S. The Morgan fingerprint density at radius 1 is 1.24 bits per heavy atom. The lowest BCUT2D eigenvalue weighted by Gasteiger charge is -2.29. The Bertz CT molecular complexity index is 532. The largest absolute Gasteiger partial charge is 0.469 e. The van der Waals surface area contributed by atoms with Crippen molar-refractivity contribution in [3.05, 3.63) is 24.2 Å². The van der Waals surface area contributed by atoms with Crippen molar-refractivity contribution < 1.29 is 26.0 Å². The standard InChI is InChI=1S/C13H18F3NO3S/c14-13(15,16)10-3-5-12(6-4-10)21(18,19)17-8-7-11-2-1-9-20-11/h1-2,9-10,12,17H,3-8H2. The summed E-state index contributed by atoms with van der Waals surface area (Å²) < 4.78 is 69.3. The summed E-state index contributed by atoms with van der Waals surface area (Å²) in [7, 11) is -3.56. The van der Waals surface area contributed by atoms with E-state index in [1.165, 1.54) is 6.26 Å². The van der Waals surface area contributed by atoms with Crippen molar-refractivity contribution in [2.45, 2.75) is 43.5 Å². The number of rotatable bonds is 5. The molecule has 0 radical (unpaired) electrons. The zero-order valence-corrected chi connectivity index (χ0v) is 12.2. The Morgan fingerprint density at radius 3 is 2.43 bits per heavy atom. The minimum atomic E-state index is -4.22. The van der Waals surface area contributed by atoms with E-state index >= 15 is 0 Å². The van der Waals surface area contributed by atoms with Gasteiger partial charge in [-0.05, 0) is 37.8 Å². The Hall–Kier alpha value is -1.02. The molecule has 0 aromatic carbocycles. The Balaban J connectivity index is 1.81. The van der Waals surface area contributed by atoms with Crippen LogP contribution in [0.4, 0.5) is 13.2 Å². The highest BCUT2D eigenvalue weighted by atomic mass is 32.2. The first-order valence-corrected chi connectivity index (χ1v) is 8.41. The molecule has 0 atom stereocenters. The number of hydrogen-bond donors (Lipinski definition) is 1. The maximum Gasteiger partial charge on any atom is 0.391 e. The molecule has 1 aromatic rings. The number of alkyl halides is 3. The van der Waals surface area contributed by atoms with Gasteiger partial charge in [-0.1, -0.05) is 0 Å². The highest BCUT2D eigenvalue weighted by Gasteiger charge is 2.43. The van der Waals surface area contributed by atoms with Crippen molar-refractivity contribution in [2.75, 3.05) is 6.54 Å². The van der Waals surface area contributed by atoms with E-state index in [4.69, 9.17) is 4.42 Å². The normalized spacial score (nSPS) is 24.1. The van der Waals surface area contributed by atoms with E-state index in [-0.39, 0.29) is 32.2 Å². The Kier molecular flexibility index (Phi) is 4.98. The van der Waals surface area contributed by atoms with Gasteiger partial charge in [0, 0.05) is 13.0 Å². The van der Waals surface area contributed by atoms with Gasteiger partial charge in [0.1, 0.15) is 5.76 Å². The molecule has 1 saturated carbocycles. The predicted molar refractivity (Wildman–Crippen MR) is 71.1 cm³/mol. The van der Waals surface area contributed by atoms with Crippen LogP contribution in [0.1, 0.15) is 31.4 Å². The second-order valence-electron chi connectivity index (χ2n) is 5.28. The molecule has 8 heteroatoms. The topological polar surface area (TPSA) is 59.3 Å². The molecule has 1 N–H and O–H groups in total. The number of nitrogens with one attached hydrogen (secondary N) is 1. The third-order valence-corrected chi connectivity index (χ3v) is 5.79. The molecule has 1 aliphatic carbocycles. The molecule has 120 valence electrons. The molecule has 1 heterocycles. The Morgan fingerprint density at radius 2 is 1.90 bits per heavy atom. The van der Waals surface area contributed by atoms with E-state index in [0.717, 1.165) is 0 Å². The Labute approximate surface area is 121 Å². The molecular weight excluding hydrogens is 307 g/mol. The summed E-state index contributed by atoms with van der Waals surface area (Å²) in [5.74, 6) is -0.703. The number of sulfonamides is 1. The smallest absolute Gasteiger partial charge is 0.391 e. The van der Waals surface area contributed by atoms with Crippen LogP contribution in [0, 0.1) is 5.92 Å². The molecule has 1 fully saturated rings. The van der Waals surface area contributed by atoms with Crippen LogP contribution in [0.3, 0.4) is 0 Å². The summed E-state index contributed by atoms with van der Waals surface area (Å²) in [4.78, 5) is 0. The van der Waals surface area contributed by atoms with Crippen LogP contribution in [0.15, 0.2) is 22.8 Å². The van der Waals surface area contributed by atoms with Gasteiger partial charge in [0.25, 0.3) is 0 Å². The molecule has 1 aliphatic rings. The third kappa shape index (κ3) is 4.47. The van der Waals surface area contributed by atoms with Crippen molar-refractivity contribution >= 4 is 10.0 Å². The van der Waals surface area contributed by atoms with Crippen LogP contribution >= 0.6 is 0 Å². The molecule has 0 bridgehead atoms. The predicted octanol–water partition coefficient (Wildman–Crippen LogP) is 2.86. The van der Waals surface area contributed by atoms with Gasteiger partial charge in [0.2, 0.25) is 10.0 Å². The molecule has 21 heavy (non-hydrogen) atoms. The van der Waals surface area contributed by atoms with E-state index in [1.807, 2.05) is 0 Å². The minimum absolute atomic E-state index is 0.0558. The SMILES string of the molecule is O=S(=O)(NCCc1ccco1)C1CCC(C(F)(F)F)CC1. The zero-order valence-electron chi connectivity index (χ0n) is 11.4. The van der Waals surface area contributed by atoms with Crippen LogP contribution in [-0.4, -0.2) is 26.4 Å². The summed E-state index contributed by atoms with van der Waals surface area (Å²) >= 11 is 0. The average Bonchev–Trinajstić information content (AvgIpc) is 2.91. The van der Waals surface area contributed by atoms with Crippen molar-refractivity contribution in [3.63, 3.8) is 0 Å². The van der Waals surface area contributed by atoms with Crippen molar-refractivity contribution in [2.24, 2.45) is 5.92 Å². The summed E-state index contributed by atoms with van der Waals surface area (Å²) in [5, 5.41) is -0.729. The number of hydrogen-bond acceptors (Lipinski definition) is 3. The van der Waals surface area contributed by atoms with Crippen LogP contribution in [-0.2, 0) is 16.4 Å². The van der Waals surface area contributed by atoms with Crippen LogP contribution < -0.4 is 4.72 Å². The summed E-state index contributed by atoms with van der Waals surface area (Å²) in [6, 6.07) is 3.45. The fraction of sp³-hybridized carbons (Fsp3) is 0.692. The average molecular weight is 325 g/mol. The maximum absolute atomic E-state index is 12.5. The molecule has 0 aliphatic heterocycles. The van der Waals surface area contributed by atoms with Gasteiger partial charge >= 0.3 is 6.18 Å². The van der Waals surface area contributed by atoms with Crippen molar-refractivity contribution in [1.29, 1.82) is 0 Å². The zero-order chi connectivity index (χ0) is 15.5. The molecule has 0 spiro atoms. The van der Waals surface area contributed by atoms with Crippen LogP contribution in [0.25, 0.3) is 0 Å². The fourth-order valence-electron chi connectivity index (χ4n) is 2.59. The van der Waals surface area contributed by atoms with Gasteiger partial charge in [0.15, 0.2) is 0 Å². The minimum Gasteiger partial charge on any atom is -0.469 e. The van der Waals surface area contributed by atoms with E-state index in [9.17, 15) is 21.6 Å². The van der Waals surface area contributed by atoms with E-state index in [0.29, 0.717) is 12.2 Å². The lowest BCUT2D eigenvalue weighted by atomic mass is 9.88. The van der Waals surface area contributed by atoms with E-state index < -0.39 is 27.4 Å². The quantitative estimate of drug-likeness (QED) is 0.905. The lowest BCUT2D eigenvalue weighted by Crippen LogP contribution is -2.39. The number of furan rings is 1. The highest BCUT2D eigenvalue weighted by Crippen LogP contribution is 2.38. The second kappa shape index (κ2) is 6.39. The molecule has 2 rings (SSSR count). The molecule has 1 aromatic heterocycles. The van der Waals surface area contributed by atoms with Crippen molar-refractivity contribution in [3.8, 4) is 0 Å². The monoisotopic (exact) mass is 325 g/mol. The van der Waals surface area contributed by atoms with E-state index in [1.54, 1.807) is 12.1 Å². The molecule has 0 saturated heterocycles. The molecule has 4 nitrogen and oxygen atoms in total. The van der Waals surface area contributed by atoms with E-state index in [2.05, 4.69) is 4.72 Å². The highest BCUT2D eigenvalue weighted by molar-refractivity contribution is 7.90. The second-order valence-corrected chi connectivity index (χ2v) is 7.33. The lowest BCUT2D eigenvalue weighted by molar-refractivity contribution is -0.181. The first kappa shape index (κ1) is 16.4. The first-order valence-electron chi connectivity index (χ1n) is 6.86. The van der Waals surface area contributed by atoms with Gasteiger partial charge in [-0.25, -0.2) is 13.1 Å². The van der Waals surface area contributed by atoms with Gasteiger partial charge in [0.05, 0.1) is 17.4 Å². The molecule has 0 unspecified atom stereocenters. The van der Waals surface area contributed by atoms with Gasteiger partial charge in [-0.2, -0.15) is 13.2 Å². The van der Waals surface area contributed by atoms with Gasteiger partial charge in [-0.3, -0.25) is 0 Å². The molecule has 0 amide bonds. The van der Waals surface area contributed by atoms with Crippen LogP contribution in [0.2, 0.25) is 0 Å². The van der Waals surface area contributed by atoms with Crippen LogP contribution in [0.5, 0.6) is 0 Å². The van der Waals surface area contributed by atoms with Crippen molar-refractivity contribution in [1.82, 2.24) is 4.72 Å². The number of halogens is 3. The summed E-state index contributed by atoms with van der Waals surface area (Å²) in [6.07, 6.45) is -2.42.